The van der Waals surface area contributed by atoms with Gasteiger partial charge in [-0.15, -0.1) is 6.42 Å². The van der Waals surface area contributed by atoms with Crippen LogP contribution in [0.15, 0.2) is 29.2 Å². The van der Waals surface area contributed by atoms with E-state index in [-0.39, 0.29) is 24.5 Å². The number of rotatable bonds is 8. The first-order valence-corrected chi connectivity index (χ1v) is 10.3. The Morgan fingerprint density at radius 1 is 1.15 bits per heavy atom. The highest BCUT2D eigenvalue weighted by Gasteiger charge is 2.25. The first kappa shape index (κ1) is 20.9. The summed E-state index contributed by atoms with van der Waals surface area (Å²) in [6, 6.07) is 6.53. The van der Waals surface area contributed by atoms with E-state index in [1.807, 2.05) is 0 Å². The van der Waals surface area contributed by atoms with Gasteiger partial charge in [-0.2, -0.15) is 4.31 Å². The second kappa shape index (κ2) is 10.1. The number of hydrogen-bond acceptors (Lipinski definition) is 5. The SMILES string of the molecule is C#CCNC(=O)COC(=O)CCc1ccc(S(=O)(=O)N2CCCCC2)cc1. The van der Waals surface area contributed by atoms with Gasteiger partial charge in [0, 0.05) is 19.5 Å². The van der Waals surface area contributed by atoms with Crippen LogP contribution in [0.1, 0.15) is 31.2 Å². The van der Waals surface area contributed by atoms with E-state index >= 15 is 0 Å². The molecule has 0 spiro atoms. The number of carbonyl (C=O) groups is 2. The Balaban J connectivity index is 1.82. The summed E-state index contributed by atoms with van der Waals surface area (Å²) < 4.78 is 31.6. The van der Waals surface area contributed by atoms with Gasteiger partial charge in [0.25, 0.3) is 5.91 Å². The number of esters is 1. The maximum absolute atomic E-state index is 12.6. The second-order valence-electron chi connectivity index (χ2n) is 6.25. The van der Waals surface area contributed by atoms with Crippen LogP contribution in [-0.2, 0) is 30.8 Å². The van der Waals surface area contributed by atoms with Gasteiger partial charge in [0.15, 0.2) is 6.61 Å². The number of terminal acetylenes is 1. The molecule has 1 heterocycles. The minimum Gasteiger partial charge on any atom is -0.456 e. The molecule has 1 N–H and O–H groups in total. The van der Waals surface area contributed by atoms with Crippen LogP contribution in [-0.4, -0.2) is 50.8 Å². The van der Waals surface area contributed by atoms with Crippen LogP contribution < -0.4 is 5.32 Å². The fourth-order valence-corrected chi connectivity index (χ4v) is 4.26. The van der Waals surface area contributed by atoms with Gasteiger partial charge in [-0.3, -0.25) is 9.59 Å². The molecule has 0 unspecified atom stereocenters. The van der Waals surface area contributed by atoms with Gasteiger partial charge in [0.05, 0.1) is 11.4 Å². The molecule has 1 fully saturated rings. The van der Waals surface area contributed by atoms with Crippen LogP contribution in [0.25, 0.3) is 0 Å². The fraction of sp³-hybridized carbons (Fsp3) is 0.474. The van der Waals surface area contributed by atoms with Crippen LogP contribution >= 0.6 is 0 Å². The number of piperidine rings is 1. The maximum atomic E-state index is 12.6. The van der Waals surface area contributed by atoms with Crippen LogP contribution in [0, 0.1) is 12.3 Å². The Hall–Kier alpha value is -2.37. The van der Waals surface area contributed by atoms with Crippen LogP contribution in [0.3, 0.4) is 0 Å². The maximum Gasteiger partial charge on any atom is 0.306 e. The zero-order valence-corrected chi connectivity index (χ0v) is 16.0. The minimum absolute atomic E-state index is 0.0864. The minimum atomic E-state index is -3.45. The number of nitrogens with one attached hydrogen (secondary N) is 1. The lowest BCUT2D eigenvalue weighted by atomic mass is 10.1. The van der Waals surface area contributed by atoms with Crippen molar-refractivity contribution >= 4 is 21.9 Å². The molecule has 146 valence electrons. The van der Waals surface area contributed by atoms with Crippen molar-refractivity contribution in [2.45, 2.75) is 37.0 Å². The van der Waals surface area contributed by atoms with E-state index < -0.39 is 21.9 Å². The molecule has 7 nitrogen and oxygen atoms in total. The van der Waals surface area contributed by atoms with Crippen molar-refractivity contribution < 1.29 is 22.7 Å². The Labute approximate surface area is 160 Å². The standard InChI is InChI=1S/C19H24N2O5S/c1-2-12-20-18(22)15-26-19(23)11-8-16-6-9-17(10-7-16)27(24,25)21-13-4-3-5-14-21/h1,6-7,9-10H,3-5,8,11-15H2,(H,20,22). The number of amides is 1. The van der Waals surface area contributed by atoms with Gasteiger partial charge in [-0.05, 0) is 37.0 Å². The van der Waals surface area contributed by atoms with E-state index in [0.29, 0.717) is 19.5 Å². The molecule has 1 aromatic rings. The highest BCUT2D eigenvalue weighted by molar-refractivity contribution is 7.89. The highest BCUT2D eigenvalue weighted by atomic mass is 32.2. The lowest BCUT2D eigenvalue weighted by Gasteiger charge is -2.25. The number of ether oxygens (including phenoxy) is 1. The molecule has 1 aliphatic rings. The van der Waals surface area contributed by atoms with Crippen LogP contribution in [0.4, 0.5) is 0 Å². The van der Waals surface area contributed by atoms with E-state index in [0.717, 1.165) is 24.8 Å². The quantitative estimate of drug-likeness (QED) is 0.528. The average Bonchev–Trinajstić information content (AvgIpc) is 2.70. The van der Waals surface area contributed by atoms with E-state index in [1.165, 1.54) is 4.31 Å². The molecular formula is C19H24N2O5S. The number of hydrogen-bond donors (Lipinski definition) is 1. The van der Waals surface area contributed by atoms with Crippen LogP contribution in [0.5, 0.6) is 0 Å². The van der Waals surface area contributed by atoms with Crippen molar-refractivity contribution in [2.75, 3.05) is 26.2 Å². The zero-order chi connectivity index (χ0) is 19.7. The first-order chi connectivity index (χ1) is 12.9. The van der Waals surface area contributed by atoms with E-state index in [9.17, 15) is 18.0 Å². The summed E-state index contributed by atoms with van der Waals surface area (Å²) in [5.74, 6) is 1.30. The third-order valence-corrected chi connectivity index (χ3v) is 6.16. The largest absolute Gasteiger partial charge is 0.456 e. The van der Waals surface area contributed by atoms with E-state index in [4.69, 9.17) is 11.2 Å². The Kier molecular flexibility index (Phi) is 7.82. The van der Waals surface area contributed by atoms with Gasteiger partial charge < -0.3 is 10.1 Å². The summed E-state index contributed by atoms with van der Waals surface area (Å²) in [6.07, 6.45) is 8.35. The van der Waals surface area contributed by atoms with Crippen molar-refractivity contribution in [2.24, 2.45) is 0 Å². The van der Waals surface area contributed by atoms with Crippen molar-refractivity contribution in [3.8, 4) is 12.3 Å². The molecule has 0 saturated carbocycles. The first-order valence-electron chi connectivity index (χ1n) is 8.88. The molecule has 1 amide bonds. The van der Waals surface area contributed by atoms with E-state index in [2.05, 4.69) is 11.2 Å². The van der Waals surface area contributed by atoms with Gasteiger partial charge in [-0.25, -0.2) is 8.42 Å². The molecule has 1 saturated heterocycles. The summed E-state index contributed by atoms with van der Waals surface area (Å²) in [6.45, 7) is 0.840. The summed E-state index contributed by atoms with van der Waals surface area (Å²) in [4.78, 5) is 23.2. The summed E-state index contributed by atoms with van der Waals surface area (Å²) in [5, 5.41) is 2.40. The molecule has 0 bridgehead atoms. The fourth-order valence-electron chi connectivity index (χ4n) is 2.75. The lowest BCUT2D eigenvalue weighted by molar-refractivity contribution is -0.148. The van der Waals surface area contributed by atoms with Gasteiger partial charge in [-0.1, -0.05) is 24.5 Å². The number of benzene rings is 1. The Bertz CT molecular complexity index is 790. The molecule has 1 aromatic carbocycles. The molecule has 27 heavy (non-hydrogen) atoms. The third kappa shape index (κ3) is 6.38. The topological polar surface area (TPSA) is 92.8 Å². The van der Waals surface area contributed by atoms with Crippen molar-refractivity contribution in [3.63, 3.8) is 0 Å². The smallest absolute Gasteiger partial charge is 0.306 e. The average molecular weight is 392 g/mol. The van der Waals surface area contributed by atoms with Gasteiger partial charge in [0.1, 0.15) is 0 Å². The lowest BCUT2D eigenvalue weighted by Crippen LogP contribution is -2.35. The van der Waals surface area contributed by atoms with Crippen LogP contribution in [0.2, 0.25) is 0 Å². The predicted octanol–water partition coefficient (Wildman–Crippen LogP) is 1.09. The normalized spacial score (nSPS) is 14.9. The zero-order valence-electron chi connectivity index (χ0n) is 15.1. The summed E-state index contributed by atoms with van der Waals surface area (Å²) in [5.41, 5.74) is 0.821. The Morgan fingerprint density at radius 2 is 1.81 bits per heavy atom. The Morgan fingerprint density at radius 3 is 2.44 bits per heavy atom. The second-order valence-corrected chi connectivity index (χ2v) is 8.19. The molecule has 0 aliphatic carbocycles. The highest BCUT2D eigenvalue weighted by Crippen LogP contribution is 2.21. The van der Waals surface area contributed by atoms with Gasteiger partial charge >= 0.3 is 5.97 Å². The number of aryl methyl sites for hydroxylation is 1. The number of carbonyl (C=O) groups excluding carboxylic acids is 2. The summed E-state index contributed by atoms with van der Waals surface area (Å²) in [7, 11) is -3.45. The van der Waals surface area contributed by atoms with E-state index in [1.54, 1.807) is 24.3 Å². The predicted molar refractivity (Wildman–Crippen MR) is 100 cm³/mol. The number of sulfonamides is 1. The van der Waals surface area contributed by atoms with Crippen molar-refractivity contribution in [1.29, 1.82) is 0 Å². The molecular weight excluding hydrogens is 368 g/mol. The number of nitrogens with zero attached hydrogens (tertiary/aromatic N) is 1. The summed E-state index contributed by atoms with van der Waals surface area (Å²) >= 11 is 0. The molecule has 1 aliphatic heterocycles. The molecule has 0 aromatic heterocycles. The molecule has 0 radical (unpaired) electrons. The van der Waals surface area contributed by atoms with Gasteiger partial charge in [0.2, 0.25) is 10.0 Å². The molecule has 8 heteroatoms. The van der Waals surface area contributed by atoms with Crippen molar-refractivity contribution in [3.05, 3.63) is 29.8 Å². The monoisotopic (exact) mass is 392 g/mol. The molecule has 2 rings (SSSR count). The third-order valence-electron chi connectivity index (χ3n) is 4.25. The van der Waals surface area contributed by atoms with Crippen molar-refractivity contribution in [1.82, 2.24) is 9.62 Å². The molecule has 0 atom stereocenters.